The Hall–Kier alpha value is -1.98. The van der Waals surface area contributed by atoms with Crippen molar-refractivity contribution in [2.75, 3.05) is 0 Å². The minimum atomic E-state index is 0.848. The maximum Gasteiger partial charge on any atom is 0.154 e. The van der Waals surface area contributed by atoms with E-state index in [9.17, 15) is 0 Å². The van der Waals surface area contributed by atoms with Crippen LogP contribution in [0.1, 0.15) is 12.2 Å². The number of fused-ring (bicyclic) bond motifs is 1. The van der Waals surface area contributed by atoms with Crippen LogP contribution in [0.25, 0.3) is 0 Å². The Morgan fingerprint density at radius 1 is 1.29 bits per heavy atom. The highest BCUT2D eigenvalue weighted by Crippen LogP contribution is 2.08. The van der Waals surface area contributed by atoms with Gasteiger partial charge in [0.15, 0.2) is 11.7 Å². The second kappa shape index (κ2) is 2.76. The Morgan fingerprint density at radius 3 is 3.14 bits per heavy atom. The van der Waals surface area contributed by atoms with E-state index in [-0.39, 0.29) is 0 Å². The molecule has 1 aliphatic rings. The molecule has 0 saturated carbocycles. The fourth-order valence-electron chi connectivity index (χ4n) is 1.48. The molecule has 0 bridgehead atoms. The van der Waals surface area contributed by atoms with E-state index in [1.807, 2.05) is 12.3 Å². The lowest BCUT2D eigenvalue weighted by Crippen LogP contribution is -2.20. The average Bonchev–Trinajstić information content (AvgIpc) is 2.88. The largest absolute Gasteiger partial charge is 0.225 e. The average molecular weight is 188 g/mol. The molecule has 0 N–H and O–H groups in total. The molecule has 1 aliphatic heterocycles. The second-order valence-corrected chi connectivity index (χ2v) is 3.06. The molecule has 0 amide bonds. The van der Waals surface area contributed by atoms with Gasteiger partial charge in [0, 0.05) is 25.2 Å². The van der Waals surface area contributed by atoms with E-state index >= 15 is 0 Å². The van der Waals surface area contributed by atoms with Crippen LogP contribution in [0.15, 0.2) is 29.9 Å². The van der Waals surface area contributed by atoms with E-state index < -0.39 is 0 Å². The fraction of sp³-hybridized carbons (Fsp3) is 0.250. The number of nitrogens with zero attached hydrogens (tertiary/aromatic N) is 6. The maximum atomic E-state index is 4.36. The molecule has 0 radical (unpaired) electrons. The highest BCUT2D eigenvalue weighted by molar-refractivity contribution is 5.84. The normalized spacial score (nSPS) is 15.0. The minimum absolute atomic E-state index is 0.848. The summed E-state index contributed by atoms with van der Waals surface area (Å²) >= 11 is 0. The summed E-state index contributed by atoms with van der Waals surface area (Å²) in [7, 11) is 0. The molecule has 0 unspecified atom stereocenters. The standard InChI is InChI=1S/C8H8N6/c1-4-10-13(5-1)8-3-2-7-11-9-6-14(7)12-8/h1,4-6H,2-3H2. The van der Waals surface area contributed by atoms with Crippen molar-refractivity contribution in [2.24, 2.45) is 5.10 Å². The van der Waals surface area contributed by atoms with Crippen molar-refractivity contribution in [3.05, 3.63) is 30.6 Å². The summed E-state index contributed by atoms with van der Waals surface area (Å²) in [5.74, 6) is 1.82. The lowest BCUT2D eigenvalue weighted by molar-refractivity contribution is 0.699. The first kappa shape index (κ1) is 7.43. The molecule has 14 heavy (non-hydrogen) atoms. The first-order valence-corrected chi connectivity index (χ1v) is 4.40. The predicted octanol–water partition coefficient (Wildman–Crippen LogP) is 0.131. The second-order valence-electron chi connectivity index (χ2n) is 3.06. The van der Waals surface area contributed by atoms with E-state index in [2.05, 4.69) is 20.4 Å². The lowest BCUT2D eigenvalue weighted by atomic mass is 10.2. The third kappa shape index (κ3) is 1.04. The van der Waals surface area contributed by atoms with Gasteiger partial charge >= 0.3 is 0 Å². The van der Waals surface area contributed by atoms with Crippen molar-refractivity contribution in [3.63, 3.8) is 0 Å². The van der Waals surface area contributed by atoms with Gasteiger partial charge in [0.1, 0.15) is 6.33 Å². The monoisotopic (exact) mass is 188 g/mol. The first-order valence-electron chi connectivity index (χ1n) is 4.40. The summed E-state index contributed by atoms with van der Waals surface area (Å²) in [5, 5.41) is 16.2. The molecule has 2 aromatic rings. The third-order valence-corrected chi connectivity index (χ3v) is 2.16. The van der Waals surface area contributed by atoms with Gasteiger partial charge in [-0.05, 0) is 6.07 Å². The van der Waals surface area contributed by atoms with Crippen LogP contribution in [0.4, 0.5) is 0 Å². The van der Waals surface area contributed by atoms with E-state index in [1.54, 1.807) is 21.9 Å². The van der Waals surface area contributed by atoms with E-state index in [0.717, 1.165) is 24.5 Å². The summed E-state index contributed by atoms with van der Waals surface area (Å²) in [6.07, 6.45) is 6.94. The molecule has 2 aromatic heterocycles. The molecule has 6 nitrogen and oxygen atoms in total. The fourth-order valence-corrected chi connectivity index (χ4v) is 1.48. The Balaban J connectivity index is 2.05. The summed E-state index contributed by atoms with van der Waals surface area (Å²) < 4.78 is 3.46. The highest BCUT2D eigenvalue weighted by atomic mass is 15.5. The van der Waals surface area contributed by atoms with Gasteiger partial charge < -0.3 is 0 Å². The van der Waals surface area contributed by atoms with E-state index in [1.165, 1.54) is 0 Å². The number of hydrogen-bond donors (Lipinski definition) is 0. The lowest BCUT2D eigenvalue weighted by Gasteiger charge is -2.11. The zero-order valence-corrected chi connectivity index (χ0v) is 7.41. The highest BCUT2D eigenvalue weighted by Gasteiger charge is 2.14. The Morgan fingerprint density at radius 2 is 2.29 bits per heavy atom. The zero-order chi connectivity index (χ0) is 9.38. The van der Waals surface area contributed by atoms with Gasteiger partial charge in [-0.15, -0.1) is 10.2 Å². The number of aromatic nitrogens is 5. The SMILES string of the molecule is c1cnn(C2=Nn3cnnc3CC2)c1. The first-order chi connectivity index (χ1) is 6.93. The van der Waals surface area contributed by atoms with Crippen molar-refractivity contribution in [3.8, 4) is 0 Å². The molecule has 0 aromatic carbocycles. The molecule has 0 spiro atoms. The molecule has 3 rings (SSSR count). The van der Waals surface area contributed by atoms with Crippen LogP contribution in [-0.2, 0) is 6.42 Å². The van der Waals surface area contributed by atoms with Crippen LogP contribution in [0.2, 0.25) is 0 Å². The molecular formula is C8H8N6. The van der Waals surface area contributed by atoms with Gasteiger partial charge in [0.25, 0.3) is 0 Å². The summed E-state index contributed by atoms with van der Waals surface area (Å²) in [6, 6.07) is 1.88. The molecule has 0 aliphatic carbocycles. The van der Waals surface area contributed by atoms with Gasteiger partial charge in [-0.3, -0.25) is 0 Å². The predicted molar refractivity (Wildman–Crippen MR) is 48.8 cm³/mol. The molecule has 70 valence electrons. The van der Waals surface area contributed by atoms with Crippen molar-refractivity contribution < 1.29 is 0 Å². The van der Waals surface area contributed by atoms with Crippen LogP contribution >= 0.6 is 0 Å². The Kier molecular flexibility index (Phi) is 1.46. The number of rotatable bonds is 0. The molecule has 0 saturated heterocycles. The van der Waals surface area contributed by atoms with Crippen LogP contribution in [0.5, 0.6) is 0 Å². The molecule has 3 heterocycles. The smallest absolute Gasteiger partial charge is 0.154 e. The van der Waals surface area contributed by atoms with Gasteiger partial charge in [-0.25, -0.2) is 9.36 Å². The van der Waals surface area contributed by atoms with E-state index in [0.29, 0.717) is 0 Å². The van der Waals surface area contributed by atoms with Crippen LogP contribution in [0, 0.1) is 0 Å². The third-order valence-electron chi connectivity index (χ3n) is 2.16. The minimum Gasteiger partial charge on any atom is -0.225 e. The van der Waals surface area contributed by atoms with Gasteiger partial charge in [0.05, 0.1) is 0 Å². The van der Waals surface area contributed by atoms with Crippen LogP contribution < -0.4 is 0 Å². The van der Waals surface area contributed by atoms with Crippen molar-refractivity contribution >= 4 is 5.84 Å². The molecule has 0 fully saturated rings. The van der Waals surface area contributed by atoms with Crippen molar-refractivity contribution in [1.82, 2.24) is 24.7 Å². The molecular weight excluding hydrogens is 180 g/mol. The van der Waals surface area contributed by atoms with Gasteiger partial charge in [-0.1, -0.05) is 0 Å². The van der Waals surface area contributed by atoms with Gasteiger partial charge in [-0.2, -0.15) is 10.2 Å². The Bertz CT molecular complexity index is 466. The Labute approximate surface area is 79.9 Å². The summed E-state index contributed by atoms with van der Waals surface area (Å²) in [4.78, 5) is 0. The topological polar surface area (TPSA) is 60.9 Å². The van der Waals surface area contributed by atoms with Crippen molar-refractivity contribution in [1.29, 1.82) is 0 Å². The summed E-state index contributed by atoms with van der Waals surface area (Å²) in [5.41, 5.74) is 0. The quantitative estimate of drug-likeness (QED) is 0.590. The number of aryl methyl sites for hydroxylation is 1. The number of hydrogen-bond acceptors (Lipinski definition) is 4. The molecule has 6 heteroatoms. The van der Waals surface area contributed by atoms with Gasteiger partial charge in [0.2, 0.25) is 0 Å². The zero-order valence-electron chi connectivity index (χ0n) is 7.41. The molecule has 0 atom stereocenters. The van der Waals surface area contributed by atoms with Crippen LogP contribution in [0.3, 0.4) is 0 Å². The summed E-state index contributed by atoms with van der Waals surface area (Å²) in [6.45, 7) is 0. The maximum absolute atomic E-state index is 4.36. The van der Waals surface area contributed by atoms with Crippen LogP contribution in [-0.4, -0.2) is 30.5 Å². The van der Waals surface area contributed by atoms with Crippen molar-refractivity contribution in [2.45, 2.75) is 12.8 Å². The van der Waals surface area contributed by atoms with E-state index in [4.69, 9.17) is 0 Å².